The van der Waals surface area contributed by atoms with Gasteiger partial charge in [-0.1, -0.05) is 30.0 Å². The molecule has 0 spiro atoms. The predicted molar refractivity (Wildman–Crippen MR) is 78.6 cm³/mol. The van der Waals surface area contributed by atoms with Crippen molar-refractivity contribution in [1.82, 2.24) is 0 Å². The Labute approximate surface area is 119 Å². The van der Waals surface area contributed by atoms with Gasteiger partial charge < -0.3 is 5.11 Å². The van der Waals surface area contributed by atoms with Crippen LogP contribution in [0.3, 0.4) is 0 Å². The van der Waals surface area contributed by atoms with Crippen molar-refractivity contribution < 1.29 is 9.90 Å². The minimum absolute atomic E-state index is 0.0158. The van der Waals surface area contributed by atoms with Gasteiger partial charge in [0.15, 0.2) is 0 Å². The summed E-state index contributed by atoms with van der Waals surface area (Å²) >= 11 is 3.09. The highest BCUT2D eigenvalue weighted by Gasteiger charge is 2.27. The zero-order chi connectivity index (χ0) is 13.9. The fourth-order valence-electron chi connectivity index (χ4n) is 1.71. The van der Waals surface area contributed by atoms with E-state index in [-0.39, 0.29) is 6.42 Å². The van der Waals surface area contributed by atoms with Gasteiger partial charge in [-0.3, -0.25) is 4.79 Å². The maximum absolute atomic E-state index is 10.6. The van der Waals surface area contributed by atoms with E-state index in [9.17, 15) is 10.1 Å². The summed E-state index contributed by atoms with van der Waals surface area (Å²) in [6, 6.07) is 12.3. The van der Waals surface area contributed by atoms with Crippen LogP contribution >= 0.6 is 23.1 Å². The second-order valence-electron chi connectivity index (χ2n) is 4.44. The first kappa shape index (κ1) is 13.9. The van der Waals surface area contributed by atoms with Crippen molar-refractivity contribution in [3.63, 3.8) is 0 Å². The van der Waals surface area contributed by atoms with E-state index in [0.717, 1.165) is 9.60 Å². The molecule has 0 amide bonds. The van der Waals surface area contributed by atoms with Gasteiger partial charge in [0.1, 0.15) is 4.75 Å². The van der Waals surface area contributed by atoms with E-state index in [1.54, 1.807) is 18.3 Å². The molecule has 1 unspecified atom stereocenters. The molecule has 0 aliphatic rings. The highest BCUT2D eigenvalue weighted by molar-refractivity contribution is 8.02. The van der Waals surface area contributed by atoms with Gasteiger partial charge >= 0.3 is 5.97 Å². The minimum Gasteiger partial charge on any atom is -0.481 e. The normalized spacial score (nSPS) is 13.9. The van der Waals surface area contributed by atoms with Crippen molar-refractivity contribution >= 4 is 39.2 Å². The number of thioether (sulfide) groups is 1. The number of nitriles is 1. The van der Waals surface area contributed by atoms with Crippen LogP contribution in [0.5, 0.6) is 0 Å². The quantitative estimate of drug-likeness (QED) is 0.841. The molecule has 1 N–H and O–H groups in total. The molecular formula is C14H13NO2S2. The Hall–Kier alpha value is -1.51. The Bertz CT molecular complexity index is 611. The van der Waals surface area contributed by atoms with Gasteiger partial charge in [-0.2, -0.15) is 5.26 Å². The summed E-state index contributed by atoms with van der Waals surface area (Å²) in [6.07, 6.45) is 0.361. The molecule has 3 nitrogen and oxygen atoms in total. The predicted octanol–water partition coefficient (Wildman–Crippen LogP) is 4.14. The number of fused-ring (bicyclic) bond motifs is 1. The number of rotatable bonds is 5. The molecule has 1 atom stereocenters. The van der Waals surface area contributed by atoms with Crippen molar-refractivity contribution in [1.29, 1.82) is 5.26 Å². The molecule has 0 aliphatic heterocycles. The largest absolute Gasteiger partial charge is 0.481 e. The van der Waals surface area contributed by atoms with Gasteiger partial charge in [-0.15, -0.1) is 11.3 Å². The Morgan fingerprint density at radius 2 is 2.26 bits per heavy atom. The molecule has 19 heavy (non-hydrogen) atoms. The number of hydrogen-bond acceptors (Lipinski definition) is 4. The molecule has 0 saturated carbocycles. The van der Waals surface area contributed by atoms with Gasteiger partial charge in [0.2, 0.25) is 0 Å². The molecule has 98 valence electrons. The first-order valence-electron chi connectivity index (χ1n) is 5.83. The van der Waals surface area contributed by atoms with Crippen LogP contribution in [0.15, 0.2) is 34.5 Å². The molecule has 0 fully saturated rings. The number of thiophene rings is 1. The number of carboxylic acid groups (broad SMARTS) is 1. The Morgan fingerprint density at radius 3 is 2.89 bits per heavy atom. The summed E-state index contributed by atoms with van der Waals surface area (Å²) in [5.41, 5.74) is 0. The van der Waals surface area contributed by atoms with Gasteiger partial charge in [0, 0.05) is 11.1 Å². The molecule has 2 aromatic rings. The van der Waals surface area contributed by atoms with E-state index in [2.05, 4.69) is 12.1 Å². The fraction of sp³-hybridized carbons (Fsp3) is 0.286. The fourth-order valence-corrected chi connectivity index (χ4v) is 4.37. The van der Waals surface area contributed by atoms with Crippen LogP contribution in [0.4, 0.5) is 0 Å². The Kier molecular flexibility index (Phi) is 4.13. The second-order valence-corrected chi connectivity index (χ2v) is 7.33. The van der Waals surface area contributed by atoms with E-state index >= 15 is 0 Å². The standard InChI is InChI=1S/C14H13NO2S2/c1-14(9-15,7-6-12(16)17)19-13-8-10-4-2-3-5-11(10)18-13/h2-5,8H,6-7H2,1H3,(H,16,17). The molecular weight excluding hydrogens is 278 g/mol. The van der Waals surface area contributed by atoms with Crippen molar-refractivity contribution in [3.8, 4) is 6.07 Å². The number of hydrogen-bond donors (Lipinski definition) is 1. The van der Waals surface area contributed by atoms with Crippen LogP contribution in [0.2, 0.25) is 0 Å². The highest BCUT2D eigenvalue weighted by atomic mass is 32.2. The Balaban J connectivity index is 2.17. The zero-order valence-corrected chi connectivity index (χ0v) is 12.1. The summed E-state index contributed by atoms with van der Waals surface area (Å²) < 4.78 is 1.54. The van der Waals surface area contributed by atoms with E-state index in [1.807, 2.05) is 24.3 Å². The average Bonchev–Trinajstić information content (AvgIpc) is 2.78. The lowest BCUT2D eigenvalue weighted by atomic mass is 10.1. The van der Waals surface area contributed by atoms with Crippen molar-refractivity contribution in [3.05, 3.63) is 30.3 Å². The van der Waals surface area contributed by atoms with Crippen LogP contribution in [-0.2, 0) is 4.79 Å². The van der Waals surface area contributed by atoms with Crippen LogP contribution in [0.1, 0.15) is 19.8 Å². The molecule has 2 rings (SSSR count). The summed E-state index contributed by atoms with van der Waals surface area (Å²) in [4.78, 5) is 10.6. The van der Waals surface area contributed by atoms with E-state index < -0.39 is 10.7 Å². The lowest BCUT2D eigenvalue weighted by Gasteiger charge is -2.18. The third-order valence-corrected chi connectivity index (χ3v) is 5.26. The smallest absolute Gasteiger partial charge is 0.303 e. The van der Waals surface area contributed by atoms with Gasteiger partial charge in [0.05, 0.1) is 10.3 Å². The summed E-state index contributed by atoms with van der Waals surface area (Å²) in [5, 5.41) is 19.2. The van der Waals surface area contributed by atoms with Crippen molar-refractivity contribution in [2.24, 2.45) is 0 Å². The first-order chi connectivity index (χ1) is 9.02. The highest BCUT2D eigenvalue weighted by Crippen LogP contribution is 2.41. The number of carboxylic acids is 1. The van der Waals surface area contributed by atoms with Crippen LogP contribution in [0.25, 0.3) is 10.1 Å². The minimum atomic E-state index is -0.863. The van der Waals surface area contributed by atoms with Crippen molar-refractivity contribution in [2.75, 3.05) is 0 Å². The molecule has 0 bridgehead atoms. The third kappa shape index (κ3) is 3.49. The summed E-state index contributed by atoms with van der Waals surface area (Å²) in [6.45, 7) is 1.80. The number of carbonyl (C=O) groups is 1. The van der Waals surface area contributed by atoms with Gasteiger partial charge in [-0.25, -0.2) is 0 Å². The lowest BCUT2D eigenvalue weighted by molar-refractivity contribution is -0.137. The lowest BCUT2D eigenvalue weighted by Crippen LogP contribution is -2.18. The molecule has 0 saturated heterocycles. The SMILES string of the molecule is CC(C#N)(CCC(=O)O)Sc1cc2ccccc2s1. The van der Waals surface area contributed by atoms with Crippen LogP contribution in [-0.4, -0.2) is 15.8 Å². The number of aliphatic carboxylic acids is 1. The topological polar surface area (TPSA) is 61.1 Å². The average molecular weight is 291 g/mol. The first-order valence-corrected chi connectivity index (χ1v) is 7.46. The maximum atomic E-state index is 10.6. The summed E-state index contributed by atoms with van der Waals surface area (Å²) in [7, 11) is 0. The molecule has 1 heterocycles. The second kappa shape index (κ2) is 5.64. The van der Waals surface area contributed by atoms with Crippen LogP contribution < -0.4 is 0 Å². The Morgan fingerprint density at radius 1 is 1.53 bits per heavy atom. The van der Waals surface area contributed by atoms with E-state index in [4.69, 9.17) is 5.11 Å². The van der Waals surface area contributed by atoms with E-state index in [0.29, 0.717) is 6.42 Å². The summed E-state index contributed by atoms with van der Waals surface area (Å²) in [5.74, 6) is -0.863. The molecule has 0 radical (unpaired) electrons. The van der Waals surface area contributed by atoms with Crippen molar-refractivity contribution in [2.45, 2.75) is 28.7 Å². The number of benzene rings is 1. The molecule has 1 aromatic carbocycles. The monoisotopic (exact) mass is 291 g/mol. The molecule has 1 aromatic heterocycles. The van der Waals surface area contributed by atoms with E-state index in [1.165, 1.54) is 16.5 Å². The maximum Gasteiger partial charge on any atom is 0.303 e. The molecule has 5 heteroatoms. The van der Waals surface area contributed by atoms with Crippen LogP contribution in [0, 0.1) is 11.3 Å². The van der Waals surface area contributed by atoms with Gasteiger partial charge in [-0.05, 0) is 30.9 Å². The number of nitrogens with zero attached hydrogens (tertiary/aromatic N) is 1. The third-order valence-electron chi connectivity index (χ3n) is 2.78. The van der Waals surface area contributed by atoms with Gasteiger partial charge in [0.25, 0.3) is 0 Å². The molecule has 0 aliphatic carbocycles. The zero-order valence-electron chi connectivity index (χ0n) is 10.4.